The van der Waals surface area contributed by atoms with Gasteiger partial charge in [-0.2, -0.15) is 4.31 Å². The number of benzene rings is 1. The summed E-state index contributed by atoms with van der Waals surface area (Å²) in [7, 11) is -3.50. The van der Waals surface area contributed by atoms with Crippen molar-refractivity contribution in [2.45, 2.75) is 31.6 Å². The summed E-state index contributed by atoms with van der Waals surface area (Å²) in [6, 6.07) is 8.25. The zero-order valence-corrected chi connectivity index (χ0v) is 16.8. The lowest BCUT2D eigenvalue weighted by Crippen LogP contribution is -2.49. The number of halogens is 1. The van der Waals surface area contributed by atoms with Crippen LogP contribution in [0.5, 0.6) is 0 Å². The second-order valence-corrected chi connectivity index (χ2v) is 9.10. The minimum absolute atomic E-state index is 0.250. The van der Waals surface area contributed by atoms with Gasteiger partial charge in [0.1, 0.15) is 11.6 Å². The average Bonchev–Trinajstić information content (AvgIpc) is 2.61. The number of sulfonamides is 1. The van der Waals surface area contributed by atoms with E-state index in [4.69, 9.17) is 11.6 Å². The quantitative estimate of drug-likeness (QED) is 0.797. The van der Waals surface area contributed by atoms with Gasteiger partial charge in [-0.25, -0.2) is 18.4 Å². The number of hydrogen-bond acceptors (Lipinski definition) is 5. The van der Waals surface area contributed by atoms with Crippen LogP contribution in [0.3, 0.4) is 0 Å². The minimum Gasteiger partial charge on any atom is -0.354 e. The fraction of sp³-hybridized carbons (Fsp3) is 0.444. The molecule has 2 heterocycles. The van der Waals surface area contributed by atoms with Crippen molar-refractivity contribution in [3.05, 3.63) is 46.9 Å². The van der Waals surface area contributed by atoms with Crippen molar-refractivity contribution in [1.29, 1.82) is 0 Å². The minimum atomic E-state index is -3.50. The highest BCUT2D eigenvalue weighted by Gasteiger charge is 2.29. The fourth-order valence-electron chi connectivity index (χ4n) is 2.91. The highest BCUT2D eigenvalue weighted by atomic mass is 35.5. The monoisotopic (exact) mass is 394 g/mol. The molecular formula is C18H23ClN4O2S. The van der Waals surface area contributed by atoms with Gasteiger partial charge in [0.05, 0.1) is 4.90 Å². The van der Waals surface area contributed by atoms with Crippen LogP contribution in [0.4, 0.5) is 5.82 Å². The Morgan fingerprint density at radius 3 is 2.23 bits per heavy atom. The molecule has 8 heteroatoms. The zero-order valence-electron chi connectivity index (χ0n) is 15.2. The number of aromatic nitrogens is 2. The average molecular weight is 395 g/mol. The van der Waals surface area contributed by atoms with Gasteiger partial charge in [-0.05, 0) is 31.2 Å². The summed E-state index contributed by atoms with van der Waals surface area (Å²) in [6.45, 7) is 8.13. The first-order valence-corrected chi connectivity index (χ1v) is 10.5. The summed E-state index contributed by atoms with van der Waals surface area (Å²) in [5.41, 5.74) is 0.926. The van der Waals surface area contributed by atoms with E-state index in [1.165, 1.54) is 4.31 Å². The molecule has 1 fully saturated rings. The van der Waals surface area contributed by atoms with E-state index < -0.39 is 10.0 Å². The first-order valence-electron chi connectivity index (χ1n) is 8.63. The third-order valence-corrected chi connectivity index (χ3v) is 6.55. The van der Waals surface area contributed by atoms with Gasteiger partial charge >= 0.3 is 0 Å². The first-order chi connectivity index (χ1) is 12.3. The number of rotatable bonds is 4. The summed E-state index contributed by atoms with van der Waals surface area (Å²) in [5.74, 6) is 1.93. The van der Waals surface area contributed by atoms with Crippen molar-refractivity contribution in [3.8, 4) is 0 Å². The van der Waals surface area contributed by atoms with Gasteiger partial charge in [0.25, 0.3) is 0 Å². The molecule has 2 aromatic rings. The molecule has 1 aliphatic rings. The van der Waals surface area contributed by atoms with Gasteiger partial charge < -0.3 is 4.90 Å². The van der Waals surface area contributed by atoms with Crippen molar-refractivity contribution in [2.75, 3.05) is 31.1 Å². The predicted molar refractivity (Wildman–Crippen MR) is 103 cm³/mol. The Morgan fingerprint density at radius 1 is 1.04 bits per heavy atom. The molecule has 0 bridgehead atoms. The smallest absolute Gasteiger partial charge is 0.243 e. The Hall–Kier alpha value is -1.70. The fourth-order valence-corrected chi connectivity index (χ4v) is 4.46. The van der Waals surface area contributed by atoms with Gasteiger partial charge in [0.15, 0.2) is 0 Å². The summed E-state index contributed by atoms with van der Waals surface area (Å²) in [5, 5.41) is 0.522. The van der Waals surface area contributed by atoms with Gasteiger partial charge in [-0.1, -0.05) is 25.4 Å². The molecule has 0 aliphatic carbocycles. The van der Waals surface area contributed by atoms with Crippen LogP contribution in [0.1, 0.15) is 31.3 Å². The van der Waals surface area contributed by atoms with Crippen molar-refractivity contribution in [2.24, 2.45) is 0 Å². The highest BCUT2D eigenvalue weighted by molar-refractivity contribution is 7.89. The summed E-state index contributed by atoms with van der Waals surface area (Å²) in [6.07, 6.45) is 0. The lowest BCUT2D eigenvalue weighted by atomic mass is 10.2. The van der Waals surface area contributed by atoms with Crippen molar-refractivity contribution in [3.63, 3.8) is 0 Å². The molecule has 1 aromatic heterocycles. The van der Waals surface area contributed by atoms with Crippen LogP contribution in [-0.4, -0.2) is 48.9 Å². The Balaban J connectivity index is 1.74. The van der Waals surface area contributed by atoms with Crippen molar-refractivity contribution >= 4 is 27.4 Å². The molecule has 0 amide bonds. The van der Waals surface area contributed by atoms with Crippen LogP contribution < -0.4 is 4.90 Å². The van der Waals surface area contributed by atoms with Gasteiger partial charge in [0, 0.05) is 48.9 Å². The molecule has 1 saturated heterocycles. The molecule has 1 aliphatic heterocycles. The first kappa shape index (κ1) is 19.1. The molecule has 0 spiro atoms. The largest absolute Gasteiger partial charge is 0.354 e. The van der Waals surface area contributed by atoms with E-state index in [1.807, 2.05) is 13.0 Å². The second-order valence-electron chi connectivity index (χ2n) is 6.73. The Labute approximate surface area is 159 Å². The lowest BCUT2D eigenvalue weighted by molar-refractivity contribution is 0.383. The number of piperazine rings is 1. The Bertz CT molecular complexity index is 877. The van der Waals surface area contributed by atoms with Crippen LogP contribution >= 0.6 is 11.6 Å². The van der Waals surface area contributed by atoms with Crippen LogP contribution in [0.25, 0.3) is 0 Å². The number of anilines is 1. The molecule has 0 radical (unpaired) electrons. The van der Waals surface area contributed by atoms with Gasteiger partial charge in [0.2, 0.25) is 10.0 Å². The summed E-state index contributed by atoms with van der Waals surface area (Å²) < 4.78 is 27.1. The van der Waals surface area contributed by atoms with Crippen molar-refractivity contribution in [1.82, 2.24) is 14.3 Å². The van der Waals surface area contributed by atoms with E-state index in [0.717, 1.165) is 17.3 Å². The normalized spacial score (nSPS) is 16.3. The molecule has 0 atom stereocenters. The standard InChI is InChI=1S/C18H23ClN4O2S/c1-13(2)18-20-14(3)12-17(21-18)22-8-10-23(11-9-22)26(24,25)16-6-4-15(19)5-7-16/h4-7,12-13H,8-11H2,1-3H3. The van der Waals surface area contributed by atoms with Crippen LogP contribution in [0.2, 0.25) is 5.02 Å². The van der Waals surface area contributed by atoms with Crippen LogP contribution in [0, 0.1) is 6.92 Å². The number of aryl methyl sites for hydroxylation is 1. The maximum atomic E-state index is 12.8. The second kappa shape index (κ2) is 7.50. The highest BCUT2D eigenvalue weighted by Crippen LogP contribution is 2.23. The van der Waals surface area contributed by atoms with Gasteiger partial charge in [-0.3, -0.25) is 0 Å². The maximum Gasteiger partial charge on any atom is 0.243 e. The third kappa shape index (κ3) is 4.00. The van der Waals surface area contributed by atoms with E-state index in [2.05, 4.69) is 28.7 Å². The van der Waals surface area contributed by atoms with E-state index in [0.29, 0.717) is 31.2 Å². The third-order valence-electron chi connectivity index (χ3n) is 4.39. The van der Waals surface area contributed by atoms with Crippen LogP contribution in [0.15, 0.2) is 35.2 Å². The predicted octanol–water partition coefficient (Wildman–Crippen LogP) is 3.07. The molecule has 0 saturated carbocycles. The van der Waals surface area contributed by atoms with Gasteiger partial charge in [-0.15, -0.1) is 0 Å². The number of hydrogen-bond donors (Lipinski definition) is 0. The molecule has 1 aromatic carbocycles. The molecule has 6 nitrogen and oxygen atoms in total. The maximum absolute atomic E-state index is 12.8. The van der Waals surface area contributed by atoms with E-state index >= 15 is 0 Å². The molecule has 26 heavy (non-hydrogen) atoms. The van der Waals surface area contributed by atoms with Crippen LogP contribution in [-0.2, 0) is 10.0 Å². The molecule has 140 valence electrons. The SMILES string of the molecule is Cc1cc(N2CCN(S(=O)(=O)c3ccc(Cl)cc3)CC2)nc(C(C)C)n1. The lowest BCUT2D eigenvalue weighted by Gasteiger charge is -2.35. The Morgan fingerprint density at radius 2 is 1.65 bits per heavy atom. The summed E-state index contributed by atoms with van der Waals surface area (Å²) in [4.78, 5) is 11.5. The van der Waals surface area contributed by atoms with E-state index in [-0.39, 0.29) is 10.8 Å². The molecule has 0 N–H and O–H groups in total. The topological polar surface area (TPSA) is 66.4 Å². The molecular weight excluding hydrogens is 372 g/mol. The Kier molecular flexibility index (Phi) is 5.50. The summed E-state index contributed by atoms with van der Waals surface area (Å²) >= 11 is 5.85. The van der Waals surface area contributed by atoms with Crippen molar-refractivity contribution < 1.29 is 8.42 Å². The number of nitrogens with zero attached hydrogens (tertiary/aromatic N) is 4. The van der Waals surface area contributed by atoms with E-state index in [9.17, 15) is 8.42 Å². The molecule has 3 rings (SSSR count). The zero-order chi connectivity index (χ0) is 18.9. The molecule has 0 unspecified atom stereocenters. The van der Waals surface area contributed by atoms with E-state index in [1.54, 1.807) is 24.3 Å².